The summed E-state index contributed by atoms with van der Waals surface area (Å²) in [5.41, 5.74) is -0.221. The van der Waals surface area contributed by atoms with Crippen LogP contribution >= 0.6 is 0 Å². The van der Waals surface area contributed by atoms with Crippen LogP contribution in [-0.4, -0.2) is 37.5 Å². The predicted molar refractivity (Wildman–Crippen MR) is 114 cm³/mol. The van der Waals surface area contributed by atoms with Gasteiger partial charge in [0.15, 0.2) is 27.9 Å². The van der Waals surface area contributed by atoms with Crippen molar-refractivity contribution in [2.24, 2.45) is 0 Å². The molecule has 0 aromatic heterocycles. The van der Waals surface area contributed by atoms with Crippen molar-refractivity contribution < 1.29 is 45.4 Å². The maximum atomic E-state index is 12.4. The lowest BCUT2D eigenvalue weighted by atomic mass is 10.2. The Morgan fingerprint density at radius 3 is 1.40 bits per heavy atom. The van der Waals surface area contributed by atoms with Gasteiger partial charge in [0, 0.05) is 12.1 Å². The predicted octanol–water partition coefficient (Wildman–Crippen LogP) is 6.22. The Morgan fingerprint density at radius 2 is 1.00 bits per heavy atom. The fourth-order valence-corrected chi connectivity index (χ4v) is 5.09. The fourth-order valence-electron chi connectivity index (χ4n) is 2.93. The summed E-state index contributed by atoms with van der Waals surface area (Å²) >= 11 is 0. The summed E-state index contributed by atoms with van der Waals surface area (Å²) in [6.45, 7) is -3.47. The molecule has 3 aromatic rings. The molecular weight excluding hydrogens is 498 g/mol. The van der Waals surface area contributed by atoms with Crippen molar-refractivity contribution in [3.8, 4) is 0 Å². The van der Waals surface area contributed by atoms with Crippen LogP contribution in [0.25, 0.3) is 0 Å². The number of ether oxygens (including phenoxy) is 2. The minimum Gasteiger partial charge on any atom is -0.452 e. The van der Waals surface area contributed by atoms with Crippen molar-refractivity contribution >= 4 is 22.8 Å². The highest BCUT2D eigenvalue weighted by Crippen LogP contribution is 2.32. The Labute approximate surface area is 198 Å². The Morgan fingerprint density at radius 1 is 0.600 bits per heavy atom. The Hall–Kier alpha value is -3.47. The number of carbonyl (C=O) groups excluding carboxylic acids is 2. The summed E-state index contributed by atoms with van der Waals surface area (Å²) in [6, 6.07) is 20.4. The van der Waals surface area contributed by atoms with E-state index < -0.39 is 48.4 Å². The van der Waals surface area contributed by atoms with E-state index in [-0.39, 0.29) is 11.1 Å². The molecule has 0 aliphatic carbocycles. The third-order valence-electron chi connectivity index (χ3n) is 4.32. The van der Waals surface area contributed by atoms with Crippen LogP contribution in [0.3, 0.4) is 0 Å². The molecule has 3 rings (SSSR count). The molecule has 4 nitrogen and oxygen atoms in total. The first kappa shape index (κ1) is 26.1. The molecule has 35 heavy (non-hydrogen) atoms. The van der Waals surface area contributed by atoms with Crippen LogP contribution in [0, 0.1) is 0 Å². The first-order valence-electron chi connectivity index (χ1n) is 9.90. The molecule has 0 radical (unpaired) electrons. The third-order valence-corrected chi connectivity index (χ3v) is 6.52. The summed E-state index contributed by atoms with van der Waals surface area (Å²) in [4.78, 5) is 26.1. The van der Waals surface area contributed by atoms with E-state index in [9.17, 15) is 35.9 Å². The van der Waals surface area contributed by atoms with Gasteiger partial charge in [-0.05, 0) is 36.4 Å². The molecule has 184 valence electrons. The quantitative estimate of drug-likeness (QED) is 0.213. The molecule has 0 saturated carbocycles. The monoisotopic (exact) mass is 515 g/mol. The van der Waals surface area contributed by atoms with E-state index in [0.717, 1.165) is 4.90 Å². The van der Waals surface area contributed by atoms with Crippen LogP contribution in [-0.2, 0) is 20.4 Å². The van der Waals surface area contributed by atoms with Gasteiger partial charge in [0.1, 0.15) is 0 Å². The number of carbonyl (C=O) groups is 2. The molecule has 0 aliphatic heterocycles. The Kier molecular flexibility index (Phi) is 8.11. The van der Waals surface area contributed by atoms with Crippen molar-refractivity contribution in [2.75, 3.05) is 13.2 Å². The second-order valence-electron chi connectivity index (χ2n) is 7.06. The van der Waals surface area contributed by atoms with Gasteiger partial charge in [0.2, 0.25) is 0 Å². The molecule has 0 N–H and O–H groups in total. The first-order valence-corrected chi connectivity index (χ1v) is 11.1. The average molecular weight is 515 g/mol. The Bertz CT molecular complexity index is 1100. The molecule has 0 spiro atoms. The van der Waals surface area contributed by atoms with E-state index in [1.54, 1.807) is 42.5 Å². The molecule has 0 bridgehead atoms. The van der Waals surface area contributed by atoms with Gasteiger partial charge in [0.25, 0.3) is 0 Å². The molecule has 0 atom stereocenters. The second-order valence-corrected chi connectivity index (χ2v) is 9.08. The summed E-state index contributed by atoms with van der Waals surface area (Å²) in [5.74, 6) is -2.32. The van der Waals surface area contributed by atoms with Gasteiger partial charge in [-0.25, -0.2) is 9.59 Å². The van der Waals surface area contributed by atoms with Gasteiger partial charge >= 0.3 is 24.3 Å². The zero-order valence-electron chi connectivity index (χ0n) is 17.7. The van der Waals surface area contributed by atoms with Gasteiger partial charge in [-0.3, -0.25) is 0 Å². The number of benzene rings is 3. The van der Waals surface area contributed by atoms with Crippen LogP contribution in [0.1, 0.15) is 20.7 Å². The summed E-state index contributed by atoms with van der Waals surface area (Å²) in [6.07, 6.45) is -9.36. The van der Waals surface area contributed by atoms with Crippen LogP contribution in [0.15, 0.2) is 93.5 Å². The van der Waals surface area contributed by atoms with Crippen molar-refractivity contribution in [3.05, 3.63) is 90.0 Å². The van der Waals surface area contributed by atoms with Gasteiger partial charge in [-0.15, -0.1) is 0 Å². The molecule has 0 heterocycles. The highest BCUT2D eigenvalue weighted by Gasteiger charge is 2.33. The largest absolute Gasteiger partial charge is 0.452 e. The number of halogens is 6. The smallest absolute Gasteiger partial charge is 0.422 e. The first-order chi connectivity index (χ1) is 16.4. The van der Waals surface area contributed by atoms with Crippen molar-refractivity contribution in [1.82, 2.24) is 0 Å². The maximum Gasteiger partial charge on any atom is 0.422 e. The normalized spacial score (nSPS) is 11.9. The molecule has 3 aromatic carbocycles. The average Bonchev–Trinajstić information content (AvgIpc) is 2.81. The second kappa shape index (κ2) is 10.9. The number of hydrogen-bond donors (Lipinski definition) is 0. The van der Waals surface area contributed by atoms with Crippen molar-refractivity contribution in [3.63, 3.8) is 0 Å². The van der Waals surface area contributed by atoms with Crippen LogP contribution in [0.4, 0.5) is 26.3 Å². The molecule has 11 heteroatoms. The number of esters is 2. The number of alkyl halides is 6. The molecule has 0 fully saturated rings. The molecule has 0 amide bonds. The fraction of sp³-hybridized carbons (Fsp3) is 0.167. The van der Waals surface area contributed by atoms with E-state index in [4.69, 9.17) is 0 Å². The highest BCUT2D eigenvalue weighted by molar-refractivity contribution is 7.97. The van der Waals surface area contributed by atoms with Gasteiger partial charge < -0.3 is 9.47 Å². The zero-order chi connectivity index (χ0) is 25.6. The van der Waals surface area contributed by atoms with E-state index in [1.807, 2.05) is 0 Å². The van der Waals surface area contributed by atoms with E-state index in [2.05, 4.69) is 9.47 Å². The Balaban J connectivity index is 1.97. The van der Waals surface area contributed by atoms with E-state index in [1.165, 1.54) is 36.4 Å². The van der Waals surface area contributed by atoms with Gasteiger partial charge in [-0.1, -0.05) is 30.3 Å². The number of rotatable bonds is 7. The van der Waals surface area contributed by atoms with Crippen molar-refractivity contribution in [1.29, 1.82) is 0 Å². The third kappa shape index (κ3) is 7.78. The molecule has 0 saturated heterocycles. The molecule has 0 unspecified atom stereocenters. The standard InChI is InChI=1S/C24H17F6O4S/c25-23(26,27)14-33-21(31)16-6-4-10-19(12-16)35(18-8-2-1-3-9-18)20-11-5-7-17(13-20)22(32)34-15-24(28,29)30/h1-13H,14-15H2/q+1. The topological polar surface area (TPSA) is 52.6 Å². The lowest BCUT2D eigenvalue weighted by molar-refractivity contribution is -0.161. The summed E-state index contributed by atoms with van der Waals surface area (Å²) < 4.78 is 83.2. The number of hydrogen-bond acceptors (Lipinski definition) is 4. The molecule has 0 aliphatic rings. The lowest BCUT2D eigenvalue weighted by Crippen LogP contribution is -2.20. The van der Waals surface area contributed by atoms with Crippen LogP contribution in [0.5, 0.6) is 0 Å². The van der Waals surface area contributed by atoms with Crippen LogP contribution < -0.4 is 0 Å². The van der Waals surface area contributed by atoms with E-state index >= 15 is 0 Å². The van der Waals surface area contributed by atoms with Crippen molar-refractivity contribution in [2.45, 2.75) is 27.0 Å². The lowest BCUT2D eigenvalue weighted by Gasteiger charge is -2.11. The van der Waals surface area contributed by atoms with Crippen LogP contribution in [0.2, 0.25) is 0 Å². The highest BCUT2D eigenvalue weighted by atomic mass is 32.2. The summed E-state index contributed by atoms with van der Waals surface area (Å²) in [5, 5.41) is 0. The maximum absolute atomic E-state index is 12.4. The van der Waals surface area contributed by atoms with Gasteiger partial charge in [-0.2, -0.15) is 26.3 Å². The van der Waals surface area contributed by atoms with E-state index in [0.29, 0.717) is 9.79 Å². The molecular formula is C24H17F6O4S+. The van der Waals surface area contributed by atoms with Gasteiger partial charge in [0.05, 0.1) is 22.0 Å². The SMILES string of the molecule is O=C(OCC(F)(F)F)c1cccc([S+](c2ccccc2)c2cccc(C(=O)OCC(F)(F)F)c2)c1. The minimum absolute atomic E-state index is 0.110. The summed E-state index contributed by atoms with van der Waals surface area (Å²) in [7, 11) is -0.970. The minimum atomic E-state index is -4.68. The zero-order valence-corrected chi connectivity index (χ0v) is 18.5.